The first kappa shape index (κ1) is 12.8. The SMILES string of the molecule is Cc1cc(OC(F)F)c(C(=O)O)c([N+](=O)[O-])c1. The van der Waals surface area contributed by atoms with Crippen molar-refractivity contribution >= 4 is 11.7 Å². The van der Waals surface area contributed by atoms with Gasteiger partial charge in [-0.25, -0.2) is 4.79 Å². The lowest BCUT2D eigenvalue weighted by atomic mass is 10.1. The Balaban J connectivity index is 3.46. The van der Waals surface area contributed by atoms with Crippen LogP contribution >= 0.6 is 0 Å². The zero-order valence-electron chi connectivity index (χ0n) is 8.52. The number of nitro benzene ring substituents is 1. The van der Waals surface area contributed by atoms with Crippen molar-refractivity contribution in [2.75, 3.05) is 0 Å². The fraction of sp³-hybridized carbons (Fsp3) is 0.222. The number of halogens is 2. The summed E-state index contributed by atoms with van der Waals surface area (Å²) in [4.78, 5) is 20.5. The zero-order chi connectivity index (χ0) is 13.2. The van der Waals surface area contributed by atoms with Crippen molar-refractivity contribution in [2.45, 2.75) is 13.5 Å². The summed E-state index contributed by atoms with van der Waals surface area (Å²) >= 11 is 0. The first-order valence-electron chi connectivity index (χ1n) is 4.30. The smallest absolute Gasteiger partial charge is 0.387 e. The Morgan fingerprint density at radius 2 is 2.12 bits per heavy atom. The van der Waals surface area contributed by atoms with Crippen molar-refractivity contribution in [1.29, 1.82) is 0 Å². The molecular formula is C9H7F2NO5. The first-order chi connectivity index (χ1) is 7.82. The molecule has 1 N–H and O–H groups in total. The van der Waals surface area contributed by atoms with Crippen LogP contribution in [0.25, 0.3) is 0 Å². The minimum atomic E-state index is -3.26. The molecule has 0 saturated heterocycles. The Kier molecular flexibility index (Phi) is 3.56. The molecule has 0 saturated carbocycles. The number of carboxylic acid groups (broad SMARTS) is 1. The molecule has 1 rings (SSSR count). The highest BCUT2D eigenvalue weighted by Crippen LogP contribution is 2.31. The molecule has 8 heteroatoms. The van der Waals surface area contributed by atoms with Gasteiger partial charge in [0.15, 0.2) is 5.56 Å². The van der Waals surface area contributed by atoms with Crippen LogP contribution in [0.2, 0.25) is 0 Å². The summed E-state index contributed by atoms with van der Waals surface area (Å²) in [5.74, 6) is -2.42. The maximum Gasteiger partial charge on any atom is 0.387 e. The molecule has 0 aromatic heterocycles. The van der Waals surface area contributed by atoms with Crippen LogP contribution < -0.4 is 4.74 Å². The van der Waals surface area contributed by atoms with E-state index < -0.39 is 34.5 Å². The van der Waals surface area contributed by atoms with Gasteiger partial charge in [-0.05, 0) is 18.6 Å². The lowest BCUT2D eigenvalue weighted by Crippen LogP contribution is -2.10. The number of hydrogen-bond donors (Lipinski definition) is 1. The Bertz CT molecular complexity index is 475. The number of carbonyl (C=O) groups is 1. The van der Waals surface area contributed by atoms with E-state index in [1.807, 2.05) is 0 Å². The van der Waals surface area contributed by atoms with E-state index in [4.69, 9.17) is 5.11 Å². The molecule has 0 heterocycles. The third-order valence-electron chi connectivity index (χ3n) is 1.85. The summed E-state index contributed by atoms with van der Waals surface area (Å²) < 4.78 is 28.0. The Hall–Kier alpha value is -2.25. The molecule has 0 spiro atoms. The number of aryl methyl sites for hydroxylation is 1. The van der Waals surface area contributed by atoms with E-state index in [0.29, 0.717) is 0 Å². The largest absolute Gasteiger partial charge is 0.477 e. The predicted molar refractivity (Wildman–Crippen MR) is 51.4 cm³/mol. The highest BCUT2D eigenvalue weighted by atomic mass is 19.3. The summed E-state index contributed by atoms with van der Waals surface area (Å²) in [6, 6.07) is 1.98. The normalized spacial score (nSPS) is 10.4. The van der Waals surface area contributed by atoms with Gasteiger partial charge in [-0.1, -0.05) is 0 Å². The molecule has 92 valence electrons. The van der Waals surface area contributed by atoms with E-state index >= 15 is 0 Å². The topological polar surface area (TPSA) is 89.7 Å². The van der Waals surface area contributed by atoms with Crippen molar-refractivity contribution < 1.29 is 28.3 Å². The van der Waals surface area contributed by atoms with Crippen LogP contribution in [-0.4, -0.2) is 22.6 Å². The number of hydrogen-bond acceptors (Lipinski definition) is 4. The van der Waals surface area contributed by atoms with Crippen LogP contribution in [0.1, 0.15) is 15.9 Å². The summed E-state index contributed by atoms with van der Waals surface area (Å²) in [5.41, 5.74) is -1.42. The minimum absolute atomic E-state index is 0.248. The standard InChI is InChI=1S/C9H7F2NO5/c1-4-2-5(12(15)16)7(8(13)14)6(3-4)17-9(10)11/h2-3,9H,1H3,(H,13,14). The number of carboxylic acids is 1. The maximum atomic E-state index is 12.0. The van der Waals surface area contributed by atoms with Crippen molar-refractivity contribution in [3.8, 4) is 5.75 Å². The lowest BCUT2D eigenvalue weighted by Gasteiger charge is -2.09. The van der Waals surface area contributed by atoms with E-state index in [2.05, 4.69) is 4.74 Å². The molecule has 0 aliphatic carbocycles. The van der Waals surface area contributed by atoms with Crippen molar-refractivity contribution in [1.82, 2.24) is 0 Å². The van der Waals surface area contributed by atoms with Gasteiger partial charge in [-0.2, -0.15) is 8.78 Å². The Morgan fingerprint density at radius 1 is 1.53 bits per heavy atom. The van der Waals surface area contributed by atoms with Crippen LogP contribution in [-0.2, 0) is 0 Å². The van der Waals surface area contributed by atoms with E-state index in [1.165, 1.54) is 6.92 Å². The molecule has 0 bridgehead atoms. The number of alkyl halides is 2. The number of nitro groups is 1. The van der Waals surface area contributed by atoms with Crippen molar-refractivity contribution in [2.24, 2.45) is 0 Å². The highest BCUT2D eigenvalue weighted by Gasteiger charge is 2.27. The molecule has 0 radical (unpaired) electrons. The molecule has 6 nitrogen and oxygen atoms in total. The summed E-state index contributed by atoms with van der Waals surface area (Å²) in [6.45, 7) is -1.86. The molecule has 17 heavy (non-hydrogen) atoms. The van der Waals surface area contributed by atoms with E-state index in [1.54, 1.807) is 0 Å². The summed E-state index contributed by atoms with van der Waals surface area (Å²) in [6.07, 6.45) is 0. The molecule has 1 aromatic rings. The monoisotopic (exact) mass is 247 g/mol. The molecule has 1 aromatic carbocycles. The van der Waals surface area contributed by atoms with Gasteiger partial charge in [0, 0.05) is 6.07 Å². The van der Waals surface area contributed by atoms with Crippen LogP contribution in [0, 0.1) is 17.0 Å². The Morgan fingerprint density at radius 3 is 2.53 bits per heavy atom. The van der Waals surface area contributed by atoms with Gasteiger partial charge < -0.3 is 9.84 Å². The van der Waals surface area contributed by atoms with Crippen LogP contribution in [0.4, 0.5) is 14.5 Å². The van der Waals surface area contributed by atoms with E-state index in [0.717, 1.165) is 12.1 Å². The Labute approximate surface area is 93.6 Å². The van der Waals surface area contributed by atoms with Crippen molar-refractivity contribution in [3.05, 3.63) is 33.4 Å². The number of aromatic carboxylic acids is 1. The van der Waals surface area contributed by atoms with Crippen LogP contribution in [0.5, 0.6) is 5.75 Å². The van der Waals surface area contributed by atoms with E-state index in [-0.39, 0.29) is 5.56 Å². The average molecular weight is 247 g/mol. The molecule has 0 aliphatic rings. The average Bonchev–Trinajstić information content (AvgIpc) is 2.14. The second-order valence-electron chi connectivity index (χ2n) is 3.10. The van der Waals surface area contributed by atoms with Gasteiger partial charge in [0.05, 0.1) is 4.92 Å². The lowest BCUT2D eigenvalue weighted by molar-refractivity contribution is -0.385. The molecule has 0 atom stereocenters. The number of benzene rings is 1. The van der Waals surface area contributed by atoms with Crippen molar-refractivity contribution in [3.63, 3.8) is 0 Å². The molecule has 0 unspecified atom stereocenters. The zero-order valence-corrected chi connectivity index (χ0v) is 8.52. The predicted octanol–water partition coefficient (Wildman–Crippen LogP) is 2.20. The van der Waals surface area contributed by atoms with Gasteiger partial charge in [0.2, 0.25) is 0 Å². The number of nitrogens with zero attached hydrogens (tertiary/aromatic N) is 1. The van der Waals surface area contributed by atoms with E-state index in [9.17, 15) is 23.7 Å². The van der Waals surface area contributed by atoms with Gasteiger partial charge in [0.1, 0.15) is 5.75 Å². The fourth-order valence-electron chi connectivity index (χ4n) is 1.28. The second-order valence-corrected chi connectivity index (χ2v) is 3.10. The maximum absolute atomic E-state index is 12.0. The van der Waals surface area contributed by atoms with Gasteiger partial charge in [0.25, 0.3) is 5.69 Å². The molecule has 0 aliphatic heterocycles. The van der Waals surface area contributed by atoms with Gasteiger partial charge >= 0.3 is 12.6 Å². The second kappa shape index (κ2) is 4.73. The minimum Gasteiger partial charge on any atom is -0.477 e. The molecule has 0 fully saturated rings. The summed E-state index contributed by atoms with van der Waals surface area (Å²) in [7, 11) is 0. The first-order valence-corrected chi connectivity index (χ1v) is 4.30. The van der Waals surface area contributed by atoms with Gasteiger partial charge in [-0.3, -0.25) is 10.1 Å². The third-order valence-corrected chi connectivity index (χ3v) is 1.85. The van der Waals surface area contributed by atoms with Crippen LogP contribution in [0.15, 0.2) is 12.1 Å². The number of rotatable bonds is 4. The summed E-state index contributed by atoms with van der Waals surface area (Å²) in [5, 5.41) is 19.4. The quantitative estimate of drug-likeness (QED) is 0.650. The van der Waals surface area contributed by atoms with Gasteiger partial charge in [-0.15, -0.1) is 0 Å². The number of ether oxygens (including phenoxy) is 1. The highest BCUT2D eigenvalue weighted by molar-refractivity contribution is 5.95. The third kappa shape index (κ3) is 2.86. The van der Waals surface area contributed by atoms with Crippen LogP contribution in [0.3, 0.4) is 0 Å². The molecular weight excluding hydrogens is 240 g/mol. The fourth-order valence-corrected chi connectivity index (χ4v) is 1.28. The molecule has 0 amide bonds.